The average Bonchev–Trinajstić information content (AvgIpc) is 2.40. The Morgan fingerprint density at radius 2 is 2.17 bits per heavy atom. The molecule has 2 nitrogen and oxygen atoms in total. The van der Waals surface area contributed by atoms with Crippen LogP contribution in [0.1, 0.15) is 29.8 Å². The standard InChI is InChI=1S/C10H12N2/c1-3-10-8-6-4-5-7-9(8)11-12(10)2/h1H,4-7H2,2H3. The third-order valence-electron chi connectivity index (χ3n) is 2.46. The van der Waals surface area contributed by atoms with Crippen LogP contribution in [0.25, 0.3) is 0 Å². The third kappa shape index (κ3) is 0.937. The van der Waals surface area contributed by atoms with Gasteiger partial charge in [-0.05, 0) is 25.7 Å². The van der Waals surface area contributed by atoms with E-state index in [2.05, 4.69) is 11.0 Å². The van der Waals surface area contributed by atoms with Crippen LogP contribution in [0, 0.1) is 12.3 Å². The van der Waals surface area contributed by atoms with Gasteiger partial charge in [-0.2, -0.15) is 5.10 Å². The first-order valence-electron chi connectivity index (χ1n) is 4.34. The summed E-state index contributed by atoms with van der Waals surface area (Å²) in [7, 11) is 1.92. The van der Waals surface area contributed by atoms with E-state index in [1.54, 1.807) is 0 Å². The zero-order valence-electron chi connectivity index (χ0n) is 7.30. The lowest BCUT2D eigenvalue weighted by molar-refractivity contribution is 0.664. The number of hydrogen-bond donors (Lipinski definition) is 0. The molecule has 0 saturated heterocycles. The normalized spacial score (nSPS) is 15.3. The molecule has 0 amide bonds. The van der Waals surface area contributed by atoms with E-state index in [-0.39, 0.29) is 0 Å². The maximum Gasteiger partial charge on any atom is 0.114 e. The predicted octanol–water partition coefficient (Wildman–Crippen LogP) is 1.28. The van der Waals surface area contributed by atoms with Gasteiger partial charge >= 0.3 is 0 Å². The molecule has 0 aliphatic heterocycles. The largest absolute Gasteiger partial charge is 0.260 e. The van der Waals surface area contributed by atoms with Gasteiger partial charge in [-0.25, -0.2) is 0 Å². The molecular formula is C10H12N2. The zero-order chi connectivity index (χ0) is 8.55. The van der Waals surface area contributed by atoms with Crippen LogP contribution in [-0.4, -0.2) is 9.78 Å². The topological polar surface area (TPSA) is 17.8 Å². The number of rotatable bonds is 0. The molecule has 62 valence electrons. The van der Waals surface area contributed by atoms with E-state index in [1.807, 2.05) is 11.7 Å². The van der Waals surface area contributed by atoms with Gasteiger partial charge in [-0.3, -0.25) is 4.68 Å². The van der Waals surface area contributed by atoms with Crippen molar-refractivity contribution in [2.24, 2.45) is 7.05 Å². The molecule has 0 N–H and O–H groups in total. The van der Waals surface area contributed by atoms with Crippen molar-refractivity contribution in [1.82, 2.24) is 9.78 Å². The Hall–Kier alpha value is -1.23. The highest BCUT2D eigenvalue weighted by Crippen LogP contribution is 2.22. The van der Waals surface area contributed by atoms with E-state index in [9.17, 15) is 0 Å². The van der Waals surface area contributed by atoms with Crippen molar-refractivity contribution in [3.63, 3.8) is 0 Å². The molecule has 0 bridgehead atoms. The second-order valence-corrected chi connectivity index (χ2v) is 3.25. The Kier molecular flexibility index (Phi) is 1.65. The maximum absolute atomic E-state index is 5.41. The van der Waals surface area contributed by atoms with Crippen LogP contribution in [-0.2, 0) is 19.9 Å². The molecule has 0 aromatic carbocycles. The van der Waals surface area contributed by atoms with Gasteiger partial charge in [0, 0.05) is 12.6 Å². The van der Waals surface area contributed by atoms with Crippen molar-refractivity contribution in [1.29, 1.82) is 0 Å². The number of fused-ring (bicyclic) bond motifs is 1. The van der Waals surface area contributed by atoms with Crippen molar-refractivity contribution >= 4 is 0 Å². The molecule has 1 aromatic heterocycles. The molecule has 0 saturated carbocycles. The second kappa shape index (κ2) is 2.67. The lowest BCUT2D eigenvalue weighted by Crippen LogP contribution is -2.01. The summed E-state index contributed by atoms with van der Waals surface area (Å²) in [5.41, 5.74) is 3.51. The van der Waals surface area contributed by atoms with Gasteiger partial charge < -0.3 is 0 Å². The molecular weight excluding hydrogens is 148 g/mol. The summed E-state index contributed by atoms with van der Waals surface area (Å²) in [5.74, 6) is 2.70. The SMILES string of the molecule is C#Cc1c2c(nn1C)CCCC2. The summed E-state index contributed by atoms with van der Waals surface area (Å²) in [5, 5.41) is 4.40. The molecule has 1 aliphatic rings. The number of aromatic nitrogens is 2. The summed E-state index contributed by atoms with van der Waals surface area (Å²) in [6.45, 7) is 0. The number of aryl methyl sites for hydroxylation is 2. The first kappa shape index (κ1) is 7.42. The van der Waals surface area contributed by atoms with Gasteiger partial charge in [0.2, 0.25) is 0 Å². The molecule has 1 aliphatic carbocycles. The van der Waals surface area contributed by atoms with Gasteiger partial charge in [0.15, 0.2) is 0 Å². The molecule has 2 rings (SSSR count). The molecule has 0 fully saturated rings. The fourth-order valence-electron chi connectivity index (χ4n) is 1.86. The van der Waals surface area contributed by atoms with Crippen molar-refractivity contribution in [3.8, 4) is 12.3 Å². The van der Waals surface area contributed by atoms with Crippen molar-refractivity contribution < 1.29 is 0 Å². The fourth-order valence-corrected chi connectivity index (χ4v) is 1.86. The summed E-state index contributed by atoms with van der Waals surface area (Å²) in [6, 6.07) is 0. The second-order valence-electron chi connectivity index (χ2n) is 3.25. The number of hydrogen-bond acceptors (Lipinski definition) is 1. The van der Waals surface area contributed by atoms with Crippen LogP contribution >= 0.6 is 0 Å². The molecule has 12 heavy (non-hydrogen) atoms. The Bertz CT molecular complexity index is 341. The van der Waals surface area contributed by atoms with Crippen LogP contribution in [0.15, 0.2) is 0 Å². The van der Waals surface area contributed by atoms with Gasteiger partial charge in [-0.1, -0.05) is 5.92 Å². The Morgan fingerprint density at radius 3 is 2.92 bits per heavy atom. The predicted molar refractivity (Wildman–Crippen MR) is 47.8 cm³/mol. The summed E-state index contributed by atoms with van der Waals surface area (Å²) < 4.78 is 1.83. The first-order chi connectivity index (χ1) is 5.83. The molecule has 0 atom stereocenters. The van der Waals surface area contributed by atoms with E-state index in [4.69, 9.17) is 6.42 Å². The summed E-state index contributed by atoms with van der Waals surface area (Å²) in [4.78, 5) is 0. The van der Waals surface area contributed by atoms with Crippen molar-refractivity contribution in [3.05, 3.63) is 17.0 Å². The fraction of sp³-hybridized carbons (Fsp3) is 0.500. The minimum absolute atomic E-state index is 0.977. The molecule has 1 aromatic rings. The van der Waals surface area contributed by atoms with Gasteiger partial charge in [0.05, 0.1) is 5.69 Å². The van der Waals surface area contributed by atoms with Gasteiger partial charge in [0.1, 0.15) is 5.69 Å². The highest BCUT2D eigenvalue weighted by atomic mass is 15.3. The van der Waals surface area contributed by atoms with E-state index in [0.717, 1.165) is 18.5 Å². The van der Waals surface area contributed by atoms with Crippen molar-refractivity contribution in [2.45, 2.75) is 25.7 Å². The maximum atomic E-state index is 5.41. The summed E-state index contributed by atoms with van der Waals surface area (Å²) >= 11 is 0. The lowest BCUT2D eigenvalue weighted by Gasteiger charge is -2.08. The van der Waals surface area contributed by atoms with Crippen LogP contribution in [0.2, 0.25) is 0 Å². The highest BCUT2D eigenvalue weighted by Gasteiger charge is 2.17. The van der Waals surface area contributed by atoms with E-state index >= 15 is 0 Å². The smallest absolute Gasteiger partial charge is 0.114 e. The average molecular weight is 160 g/mol. The van der Waals surface area contributed by atoms with Crippen LogP contribution in [0.3, 0.4) is 0 Å². The minimum Gasteiger partial charge on any atom is -0.260 e. The Labute approximate surface area is 72.6 Å². The number of terminal acetylenes is 1. The number of nitrogens with zero attached hydrogens (tertiary/aromatic N) is 2. The molecule has 1 heterocycles. The third-order valence-corrected chi connectivity index (χ3v) is 2.46. The quantitative estimate of drug-likeness (QED) is 0.523. The zero-order valence-corrected chi connectivity index (χ0v) is 7.30. The lowest BCUT2D eigenvalue weighted by atomic mass is 9.96. The Balaban J connectivity index is 2.56. The van der Waals surface area contributed by atoms with Crippen molar-refractivity contribution in [2.75, 3.05) is 0 Å². The minimum atomic E-state index is 0.977. The first-order valence-corrected chi connectivity index (χ1v) is 4.34. The Morgan fingerprint density at radius 1 is 1.42 bits per heavy atom. The molecule has 0 spiro atoms. The van der Waals surface area contributed by atoms with E-state index < -0.39 is 0 Å². The monoisotopic (exact) mass is 160 g/mol. The van der Waals surface area contributed by atoms with Crippen LogP contribution in [0.5, 0.6) is 0 Å². The van der Waals surface area contributed by atoms with Gasteiger partial charge in [0.25, 0.3) is 0 Å². The highest BCUT2D eigenvalue weighted by molar-refractivity contribution is 5.38. The van der Waals surface area contributed by atoms with Gasteiger partial charge in [-0.15, -0.1) is 6.42 Å². The molecule has 0 radical (unpaired) electrons. The van der Waals surface area contributed by atoms with E-state index in [1.165, 1.54) is 24.1 Å². The van der Waals surface area contributed by atoms with Crippen LogP contribution in [0.4, 0.5) is 0 Å². The molecule has 2 heteroatoms. The van der Waals surface area contributed by atoms with Crippen LogP contribution < -0.4 is 0 Å². The molecule has 0 unspecified atom stereocenters. The summed E-state index contributed by atoms with van der Waals surface area (Å²) in [6.07, 6.45) is 10.1. The van der Waals surface area contributed by atoms with E-state index in [0.29, 0.717) is 0 Å².